The molecule has 0 fully saturated rings. The number of hydrogen-bond donors (Lipinski definition) is 9. The molecule has 0 saturated heterocycles. The number of nitrogens with two attached hydrogens (primary N) is 3. The molecule has 0 aliphatic carbocycles. The van der Waals surface area contributed by atoms with Crippen molar-refractivity contribution in [3.63, 3.8) is 0 Å². The van der Waals surface area contributed by atoms with Crippen LogP contribution in [0.3, 0.4) is 0 Å². The molecule has 0 saturated carbocycles. The average Bonchev–Trinajstić information content (AvgIpc) is 3.31. The van der Waals surface area contributed by atoms with Crippen molar-refractivity contribution in [1.82, 2.24) is 20.9 Å². The Bertz CT molecular complexity index is 1150. The smallest absolute Gasteiger partial charge is 0.326 e. The number of primary amides is 1. The Morgan fingerprint density at radius 2 is 1.54 bits per heavy atom. The zero-order chi connectivity index (χ0) is 28.9. The number of carbonyl (C=O) groups excluding carboxylic acids is 4. The summed E-state index contributed by atoms with van der Waals surface area (Å²) in [6.07, 6.45) is 2.83. The number of nitrogens with one attached hydrogen (secondary N) is 4. The number of aromatic nitrogens is 1. The zero-order valence-electron chi connectivity index (χ0n) is 21.5. The molecular formula is C25H37N7O7. The lowest BCUT2D eigenvalue weighted by Gasteiger charge is -2.24. The van der Waals surface area contributed by atoms with E-state index in [4.69, 9.17) is 17.2 Å². The predicted molar refractivity (Wildman–Crippen MR) is 142 cm³/mol. The van der Waals surface area contributed by atoms with Crippen LogP contribution >= 0.6 is 0 Å². The van der Waals surface area contributed by atoms with E-state index in [2.05, 4.69) is 20.9 Å². The Hall–Kier alpha value is -4.01. The minimum atomic E-state index is -1.53. The normalized spacial score (nSPS) is 14.1. The summed E-state index contributed by atoms with van der Waals surface area (Å²) in [4.78, 5) is 64.3. The lowest BCUT2D eigenvalue weighted by molar-refractivity contribution is -0.143. The molecule has 12 N–H and O–H groups in total. The van der Waals surface area contributed by atoms with Crippen LogP contribution in [0.5, 0.6) is 0 Å². The van der Waals surface area contributed by atoms with Gasteiger partial charge < -0.3 is 48.3 Å². The molecule has 1 heterocycles. The van der Waals surface area contributed by atoms with Gasteiger partial charge in [0.1, 0.15) is 18.1 Å². The van der Waals surface area contributed by atoms with E-state index >= 15 is 0 Å². The van der Waals surface area contributed by atoms with Gasteiger partial charge in [-0.1, -0.05) is 24.6 Å². The van der Waals surface area contributed by atoms with E-state index in [1.54, 1.807) is 6.20 Å². The number of hydrogen-bond acceptors (Lipinski definition) is 8. The molecule has 214 valence electrons. The van der Waals surface area contributed by atoms with Crippen molar-refractivity contribution in [2.45, 2.75) is 62.7 Å². The van der Waals surface area contributed by atoms with Gasteiger partial charge in [-0.15, -0.1) is 0 Å². The molecule has 0 aliphatic rings. The molecule has 0 radical (unpaired) electrons. The first-order valence-electron chi connectivity index (χ1n) is 12.6. The number of aliphatic hydroxyl groups excluding tert-OH is 1. The summed E-state index contributed by atoms with van der Waals surface area (Å²) < 4.78 is 0. The Labute approximate surface area is 225 Å². The summed E-state index contributed by atoms with van der Waals surface area (Å²) in [6.45, 7) is -0.401. The van der Waals surface area contributed by atoms with Gasteiger partial charge in [0.25, 0.3) is 0 Å². The Morgan fingerprint density at radius 1 is 0.897 bits per heavy atom. The fourth-order valence-electron chi connectivity index (χ4n) is 3.93. The number of rotatable bonds is 17. The largest absolute Gasteiger partial charge is 0.480 e. The molecule has 14 nitrogen and oxygen atoms in total. The van der Waals surface area contributed by atoms with Gasteiger partial charge in [0.05, 0.1) is 12.6 Å². The van der Waals surface area contributed by atoms with Gasteiger partial charge in [-0.25, -0.2) is 4.79 Å². The van der Waals surface area contributed by atoms with E-state index in [9.17, 15) is 34.2 Å². The SMILES string of the molecule is NCCCCC(N)C(=O)NC(Cc1c[nH]c2ccccc12)C(=O)NC(CO)C(=O)NC(CCC(N)=O)C(=O)O. The number of aliphatic carboxylic acids is 1. The molecule has 4 amide bonds. The molecule has 0 aliphatic heterocycles. The molecule has 1 aromatic carbocycles. The second kappa shape index (κ2) is 15.4. The Morgan fingerprint density at radius 3 is 2.18 bits per heavy atom. The van der Waals surface area contributed by atoms with Crippen LogP contribution in [0.15, 0.2) is 30.5 Å². The first-order valence-corrected chi connectivity index (χ1v) is 12.6. The van der Waals surface area contributed by atoms with Gasteiger partial charge in [0.2, 0.25) is 23.6 Å². The molecule has 14 heteroatoms. The number of carboxylic acids is 1. The fourth-order valence-corrected chi connectivity index (χ4v) is 3.93. The highest BCUT2D eigenvalue weighted by Crippen LogP contribution is 2.19. The van der Waals surface area contributed by atoms with Crippen LogP contribution in [-0.2, 0) is 30.4 Å². The minimum Gasteiger partial charge on any atom is -0.480 e. The van der Waals surface area contributed by atoms with Crippen LogP contribution in [-0.4, -0.2) is 82.1 Å². The number of aliphatic hydroxyl groups is 1. The average molecular weight is 548 g/mol. The number of benzene rings is 1. The molecular weight excluding hydrogens is 510 g/mol. The molecule has 0 spiro atoms. The van der Waals surface area contributed by atoms with Gasteiger partial charge in [0.15, 0.2) is 0 Å². The summed E-state index contributed by atoms with van der Waals surface area (Å²) in [7, 11) is 0. The minimum absolute atomic E-state index is 0.0350. The first kappa shape index (κ1) is 31.2. The van der Waals surface area contributed by atoms with Gasteiger partial charge in [-0.3, -0.25) is 19.2 Å². The maximum absolute atomic E-state index is 13.3. The first-order chi connectivity index (χ1) is 18.6. The van der Waals surface area contributed by atoms with Crippen molar-refractivity contribution in [2.75, 3.05) is 13.2 Å². The molecule has 2 aromatic rings. The fraction of sp³-hybridized carbons (Fsp3) is 0.480. The van der Waals surface area contributed by atoms with Crippen LogP contribution in [0, 0.1) is 0 Å². The second-order valence-corrected chi connectivity index (χ2v) is 9.16. The van der Waals surface area contributed by atoms with E-state index < -0.39 is 60.4 Å². The van der Waals surface area contributed by atoms with Gasteiger partial charge in [-0.2, -0.15) is 0 Å². The van der Waals surface area contributed by atoms with Crippen LogP contribution in [0.1, 0.15) is 37.7 Å². The molecule has 4 unspecified atom stereocenters. The van der Waals surface area contributed by atoms with Gasteiger partial charge in [0, 0.05) is 29.9 Å². The van der Waals surface area contributed by atoms with Crippen molar-refractivity contribution in [1.29, 1.82) is 0 Å². The van der Waals surface area contributed by atoms with Crippen molar-refractivity contribution >= 4 is 40.5 Å². The molecule has 39 heavy (non-hydrogen) atoms. The standard InChI is InChI=1S/C25H37N7O7/c26-10-4-3-6-16(27)22(35)31-19(11-14-12-29-17-7-2-1-5-15(14)17)23(36)32-20(13-33)24(37)30-18(25(38)39)8-9-21(28)34/h1-2,5,7,12,16,18-20,29,33H,3-4,6,8-11,13,26-27H2,(H2,28,34)(H,30,37)(H,31,35)(H,32,36)(H,38,39). The lowest BCUT2D eigenvalue weighted by atomic mass is 10.0. The quantitative estimate of drug-likeness (QED) is 0.0987. The third kappa shape index (κ3) is 9.67. The molecule has 0 bridgehead atoms. The number of aromatic amines is 1. The predicted octanol–water partition coefficient (Wildman–Crippen LogP) is -2.04. The molecule has 2 rings (SSSR count). The third-order valence-electron chi connectivity index (χ3n) is 6.15. The van der Waals surface area contributed by atoms with Gasteiger partial charge >= 0.3 is 5.97 Å². The Balaban J connectivity index is 2.19. The van der Waals surface area contributed by atoms with E-state index in [1.165, 1.54) is 0 Å². The highest BCUT2D eigenvalue weighted by Gasteiger charge is 2.30. The van der Waals surface area contributed by atoms with E-state index in [0.717, 1.165) is 10.9 Å². The van der Waals surface area contributed by atoms with Crippen molar-refractivity contribution in [2.24, 2.45) is 17.2 Å². The zero-order valence-corrected chi connectivity index (χ0v) is 21.5. The summed E-state index contributed by atoms with van der Waals surface area (Å²) in [5.41, 5.74) is 18.1. The maximum Gasteiger partial charge on any atom is 0.326 e. The van der Waals surface area contributed by atoms with Crippen molar-refractivity contribution in [3.05, 3.63) is 36.0 Å². The highest BCUT2D eigenvalue weighted by molar-refractivity contribution is 5.95. The summed E-state index contributed by atoms with van der Waals surface area (Å²) in [5, 5.41) is 27.1. The monoisotopic (exact) mass is 547 g/mol. The van der Waals surface area contributed by atoms with E-state index in [0.29, 0.717) is 31.4 Å². The lowest BCUT2D eigenvalue weighted by Crippen LogP contribution is -2.58. The number of H-pyrrole nitrogens is 1. The van der Waals surface area contributed by atoms with Crippen molar-refractivity contribution in [3.8, 4) is 0 Å². The Kier molecular flexibility index (Phi) is 12.3. The second-order valence-electron chi connectivity index (χ2n) is 9.16. The van der Waals surface area contributed by atoms with Crippen LogP contribution in [0.4, 0.5) is 0 Å². The number of unbranched alkanes of at least 4 members (excludes halogenated alkanes) is 1. The van der Waals surface area contributed by atoms with Crippen LogP contribution < -0.4 is 33.2 Å². The highest BCUT2D eigenvalue weighted by atomic mass is 16.4. The number of carbonyl (C=O) groups is 5. The van der Waals surface area contributed by atoms with E-state index in [-0.39, 0.29) is 19.3 Å². The molecule has 1 aromatic heterocycles. The van der Waals surface area contributed by atoms with Crippen LogP contribution in [0.2, 0.25) is 0 Å². The summed E-state index contributed by atoms with van der Waals surface area (Å²) in [6, 6.07) is 2.29. The van der Waals surface area contributed by atoms with Crippen LogP contribution in [0.25, 0.3) is 10.9 Å². The topological polar surface area (TPSA) is 256 Å². The number of amides is 4. The van der Waals surface area contributed by atoms with Crippen molar-refractivity contribution < 1.29 is 34.2 Å². The number of fused-ring (bicyclic) bond motifs is 1. The number of para-hydroxylation sites is 1. The third-order valence-corrected chi connectivity index (χ3v) is 6.15. The summed E-state index contributed by atoms with van der Waals surface area (Å²) in [5.74, 6) is -4.52. The maximum atomic E-state index is 13.3. The van der Waals surface area contributed by atoms with Gasteiger partial charge in [-0.05, 0) is 37.4 Å². The summed E-state index contributed by atoms with van der Waals surface area (Å²) >= 11 is 0. The van der Waals surface area contributed by atoms with E-state index in [1.807, 2.05) is 24.3 Å². The number of carboxylic acid groups (broad SMARTS) is 1. The molecule has 4 atom stereocenters.